The number of rotatable bonds is 8. The third-order valence-corrected chi connectivity index (χ3v) is 3.52. The minimum absolute atomic E-state index is 0.141. The van der Waals surface area contributed by atoms with Crippen molar-refractivity contribution in [1.29, 1.82) is 0 Å². The maximum atomic E-state index is 13.5. The van der Waals surface area contributed by atoms with Gasteiger partial charge >= 0.3 is 0 Å². The molecule has 0 spiro atoms. The van der Waals surface area contributed by atoms with Gasteiger partial charge in [0.05, 0.1) is 0 Å². The van der Waals surface area contributed by atoms with Gasteiger partial charge in [0, 0.05) is 25.8 Å². The molecule has 0 radical (unpaired) electrons. The smallest absolute Gasteiger partial charge is 0.265 e. The zero-order chi connectivity index (χ0) is 18.4. The van der Waals surface area contributed by atoms with Crippen LogP contribution in [0.3, 0.4) is 0 Å². The van der Waals surface area contributed by atoms with Gasteiger partial charge in [0.15, 0.2) is 6.61 Å². The van der Waals surface area contributed by atoms with E-state index in [-0.39, 0.29) is 24.1 Å². The molecule has 3 rings (SSSR count). The van der Waals surface area contributed by atoms with Crippen LogP contribution >= 0.6 is 0 Å². The molecule has 2 aromatic heterocycles. The van der Waals surface area contributed by atoms with E-state index in [0.717, 1.165) is 0 Å². The number of aromatic nitrogens is 3. The van der Waals surface area contributed by atoms with Gasteiger partial charge in [0.1, 0.15) is 23.2 Å². The average molecular weight is 360 g/mol. The number of fused-ring (bicyclic) bond motifs is 1. The quantitative estimate of drug-likeness (QED) is 0.613. The number of ether oxygens (including phenoxy) is 2. The average Bonchev–Trinajstić information content (AvgIpc) is 3.08. The van der Waals surface area contributed by atoms with Gasteiger partial charge in [-0.15, -0.1) is 0 Å². The molecule has 0 aliphatic rings. The summed E-state index contributed by atoms with van der Waals surface area (Å²) in [5.41, 5.74) is 1.03. The Hall–Kier alpha value is -3.07. The topological polar surface area (TPSA) is 99.4 Å². The molecule has 136 valence electrons. The van der Waals surface area contributed by atoms with Gasteiger partial charge in [-0.05, 0) is 18.6 Å². The van der Waals surface area contributed by atoms with Crippen molar-refractivity contribution in [1.82, 2.24) is 20.4 Å². The Bertz CT molecular complexity index is 899. The molecular weight excluding hydrogens is 343 g/mol. The van der Waals surface area contributed by atoms with E-state index in [1.165, 1.54) is 18.5 Å². The van der Waals surface area contributed by atoms with Gasteiger partial charge in [-0.25, -0.2) is 9.37 Å². The highest BCUT2D eigenvalue weighted by atomic mass is 19.1. The number of nitrogens with one attached hydrogen (secondary N) is 1. The first-order valence-electron chi connectivity index (χ1n) is 7.94. The largest absolute Gasteiger partial charge is 0.467 e. The van der Waals surface area contributed by atoms with E-state index in [0.29, 0.717) is 36.2 Å². The van der Waals surface area contributed by atoms with Gasteiger partial charge in [-0.3, -0.25) is 4.79 Å². The highest BCUT2D eigenvalue weighted by Gasteiger charge is 2.18. The van der Waals surface area contributed by atoms with E-state index in [1.54, 1.807) is 19.2 Å². The van der Waals surface area contributed by atoms with E-state index in [4.69, 9.17) is 14.0 Å². The van der Waals surface area contributed by atoms with Crippen LogP contribution in [-0.4, -0.2) is 47.9 Å². The van der Waals surface area contributed by atoms with Crippen LogP contribution < -0.4 is 10.1 Å². The molecule has 0 saturated heterocycles. The maximum Gasteiger partial charge on any atom is 0.265 e. The Kier molecular flexibility index (Phi) is 5.69. The summed E-state index contributed by atoms with van der Waals surface area (Å²) in [5, 5.41) is 7.01. The summed E-state index contributed by atoms with van der Waals surface area (Å²) < 4.78 is 29.1. The SMILES string of the molecule is COCCCNC(=O)COc1ncnc2onc(-c3cccc(F)c3)c12. The minimum atomic E-state index is -0.409. The lowest BCUT2D eigenvalue weighted by Gasteiger charge is -2.07. The fourth-order valence-electron chi connectivity index (χ4n) is 2.33. The second-order valence-electron chi connectivity index (χ2n) is 5.39. The van der Waals surface area contributed by atoms with Crippen molar-refractivity contribution in [3.05, 3.63) is 36.4 Å². The standard InChI is InChI=1S/C17H17FN4O4/c1-24-7-3-6-19-13(23)9-25-16-14-15(11-4-2-5-12(18)8-11)22-26-17(14)21-10-20-16/h2,4-5,8,10H,3,6-7,9H2,1H3,(H,19,23). The highest BCUT2D eigenvalue weighted by Crippen LogP contribution is 2.32. The number of halogens is 1. The maximum absolute atomic E-state index is 13.5. The Morgan fingerprint density at radius 2 is 2.23 bits per heavy atom. The fraction of sp³-hybridized carbons (Fsp3) is 0.294. The van der Waals surface area contributed by atoms with Crippen molar-refractivity contribution in [3.63, 3.8) is 0 Å². The first-order chi connectivity index (χ1) is 12.7. The van der Waals surface area contributed by atoms with E-state index in [2.05, 4.69) is 20.4 Å². The lowest BCUT2D eigenvalue weighted by atomic mass is 10.1. The molecule has 1 aromatic carbocycles. The number of carbonyl (C=O) groups is 1. The molecule has 0 bridgehead atoms. The van der Waals surface area contributed by atoms with Crippen LogP contribution in [0, 0.1) is 5.82 Å². The molecule has 8 nitrogen and oxygen atoms in total. The number of benzene rings is 1. The second kappa shape index (κ2) is 8.34. The zero-order valence-electron chi connectivity index (χ0n) is 14.1. The summed E-state index contributed by atoms with van der Waals surface area (Å²) in [5.74, 6) is -0.562. The summed E-state index contributed by atoms with van der Waals surface area (Å²) in [6.45, 7) is 0.815. The Morgan fingerprint density at radius 1 is 1.35 bits per heavy atom. The lowest BCUT2D eigenvalue weighted by molar-refractivity contribution is -0.123. The van der Waals surface area contributed by atoms with Gasteiger partial charge in [-0.1, -0.05) is 17.3 Å². The molecule has 0 fully saturated rings. The first-order valence-corrected chi connectivity index (χ1v) is 7.94. The summed E-state index contributed by atoms with van der Waals surface area (Å²) in [7, 11) is 1.60. The van der Waals surface area contributed by atoms with Crippen LogP contribution in [0.25, 0.3) is 22.4 Å². The van der Waals surface area contributed by atoms with Crippen LogP contribution in [-0.2, 0) is 9.53 Å². The highest BCUT2D eigenvalue weighted by molar-refractivity contribution is 5.93. The fourth-order valence-corrected chi connectivity index (χ4v) is 2.33. The van der Waals surface area contributed by atoms with Crippen LogP contribution in [0.15, 0.2) is 35.1 Å². The second-order valence-corrected chi connectivity index (χ2v) is 5.39. The third kappa shape index (κ3) is 4.12. The number of nitrogens with zero attached hydrogens (tertiary/aromatic N) is 3. The number of hydrogen-bond donors (Lipinski definition) is 1. The van der Waals surface area contributed by atoms with Gasteiger partial charge in [0.25, 0.3) is 11.6 Å². The molecule has 0 atom stereocenters. The van der Waals surface area contributed by atoms with Crippen molar-refractivity contribution in [2.75, 3.05) is 26.9 Å². The first kappa shape index (κ1) is 17.7. The number of amides is 1. The van der Waals surface area contributed by atoms with E-state index >= 15 is 0 Å². The van der Waals surface area contributed by atoms with Crippen LogP contribution in [0.5, 0.6) is 5.88 Å². The van der Waals surface area contributed by atoms with Crippen LogP contribution in [0.4, 0.5) is 4.39 Å². The number of methoxy groups -OCH3 is 1. The molecule has 1 N–H and O–H groups in total. The number of carbonyl (C=O) groups excluding carboxylic acids is 1. The molecule has 3 aromatic rings. The predicted octanol–water partition coefficient (Wildman–Crippen LogP) is 1.96. The zero-order valence-corrected chi connectivity index (χ0v) is 14.1. The molecule has 9 heteroatoms. The molecule has 2 heterocycles. The summed E-state index contributed by atoms with van der Waals surface area (Å²) in [6, 6.07) is 5.88. The van der Waals surface area contributed by atoms with E-state index in [9.17, 15) is 9.18 Å². The molecule has 0 saturated carbocycles. The Balaban J connectivity index is 1.77. The summed E-state index contributed by atoms with van der Waals surface area (Å²) in [4.78, 5) is 19.9. The van der Waals surface area contributed by atoms with Gasteiger partial charge < -0.3 is 19.3 Å². The van der Waals surface area contributed by atoms with Crippen molar-refractivity contribution in [2.45, 2.75) is 6.42 Å². The third-order valence-electron chi connectivity index (χ3n) is 3.52. The van der Waals surface area contributed by atoms with E-state index in [1.807, 2.05) is 0 Å². The van der Waals surface area contributed by atoms with Gasteiger partial charge in [-0.2, -0.15) is 4.98 Å². The molecule has 1 amide bonds. The lowest BCUT2D eigenvalue weighted by Crippen LogP contribution is -2.30. The van der Waals surface area contributed by atoms with Crippen molar-refractivity contribution < 1.29 is 23.2 Å². The Labute approximate surface area is 148 Å². The normalized spacial score (nSPS) is 10.8. The molecule has 0 unspecified atom stereocenters. The predicted molar refractivity (Wildman–Crippen MR) is 90.0 cm³/mol. The molecular formula is C17H17FN4O4. The van der Waals surface area contributed by atoms with Gasteiger partial charge in [0.2, 0.25) is 5.88 Å². The van der Waals surface area contributed by atoms with Crippen LogP contribution in [0.1, 0.15) is 6.42 Å². The molecule has 0 aliphatic carbocycles. The summed E-state index contributed by atoms with van der Waals surface area (Å²) >= 11 is 0. The van der Waals surface area contributed by atoms with Crippen molar-refractivity contribution in [3.8, 4) is 17.1 Å². The Morgan fingerprint density at radius 3 is 3.04 bits per heavy atom. The minimum Gasteiger partial charge on any atom is -0.467 e. The van der Waals surface area contributed by atoms with Crippen molar-refractivity contribution in [2.24, 2.45) is 0 Å². The number of hydrogen-bond acceptors (Lipinski definition) is 7. The van der Waals surface area contributed by atoms with E-state index < -0.39 is 5.82 Å². The molecule has 26 heavy (non-hydrogen) atoms. The monoisotopic (exact) mass is 360 g/mol. The van der Waals surface area contributed by atoms with Crippen LogP contribution in [0.2, 0.25) is 0 Å². The summed E-state index contributed by atoms with van der Waals surface area (Å²) in [6.07, 6.45) is 1.95. The van der Waals surface area contributed by atoms with Crippen molar-refractivity contribution >= 4 is 17.0 Å². The molecule has 0 aliphatic heterocycles.